The third-order valence-corrected chi connectivity index (χ3v) is 3.40. The Morgan fingerprint density at radius 2 is 2.00 bits per heavy atom. The number of carbonyl (C=O) groups excluding carboxylic acids is 1. The molecule has 4 heteroatoms. The van der Waals surface area contributed by atoms with Gasteiger partial charge < -0.3 is 11.1 Å². The van der Waals surface area contributed by atoms with Crippen molar-refractivity contribution in [3.8, 4) is 0 Å². The van der Waals surface area contributed by atoms with Gasteiger partial charge in [0.05, 0.1) is 6.04 Å². The number of halogens is 1. The normalized spacial score (nSPS) is 17.2. The van der Waals surface area contributed by atoms with Gasteiger partial charge in [-0.3, -0.25) is 4.79 Å². The second-order valence-electron chi connectivity index (χ2n) is 5.31. The van der Waals surface area contributed by atoms with Crippen LogP contribution in [0.1, 0.15) is 44.2 Å². The monoisotopic (exact) mass is 282 g/mol. The van der Waals surface area contributed by atoms with E-state index in [2.05, 4.69) is 17.4 Å². The second-order valence-corrected chi connectivity index (χ2v) is 5.31. The number of carbonyl (C=O) groups is 1. The van der Waals surface area contributed by atoms with Crippen LogP contribution in [-0.2, 0) is 4.79 Å². The molecule has 0 heterocycles. The Morgan fingerprint density at radius 1 is 1.37 bits per heavy atom. The molecule has 0 bridgehead atoms. The molecule has 1 aliphatic rings. The highest BCUT2D eigenvalue weighted by atomic mass is 35.5. The highest BCUT2D eigenvalue weighted by molar-refractivity contribution is 5.85. The fraction of sp³-hybridized carbons (Fsp3) is 0.533. The van der Waals surface area contributed by atoms with Crippen molar-refractivity contribution in [3.05, 3.63) is 35.9 Å². The van der Waals surface area contributed by atoms with Crippen LogP contribution in [0.25, 0.3) is 0 Å². The molecule has 1 aromatic carbocycles. The van der Waals surface area contributed by atoms with Crippen LogP contribution in [0.5, 0.6) is 0 Å². The van der Waals surface area contributed by atoms with Gasteiger partial charge >= 0.3 is 0 Å². The molecule has 0 spiro atoms. The van der Waals surface area contributed by atoms with Crippen molar-refractivity contribution in [3.63, 3.8) is 0 Å². The fourth-order valence-corrected chi connectivity index (χ4v) is 2.17. The minimum atomic E-state index is 0. The van der Waals surface area contributed by atoms with Crippen molar-refractivity contribution in [2.24, 2.45) is 11.7 Å². The van der Waals surface area contributed by atoms with Crippen molar-refractivity contribution >= 4 is 18.3 Å². The van der Waals surface area contributed by atoms with Crippen molar-refractivity contribution in [1.29, 1.82) is 0 Å². The van der Waals surface area contributed by atoms with E-state index in [0.717, 1.165) is 6.42 Å². The van der Waals surface area contributed by atoms with E-state index in [4.69, 9.17) is 5.73 Å². The average molecular weight is 283 g/mol. The van der Waals surface area contributed by atoms with E-state index in [-0.39, 0.29) is 30.4 Å². The van der Waals surface area contributed by atoms with Crippen molar-refractivity contribution in [1.82, 2.24) is 5.32 Å². The maximum Gasteiger partial charge on any atom is 0.220 e. The second kappa shape index (κ2) is 7.51. The Kier molecular flexibility index (Phi) is 6.32. The van der Waals surface area contributed by atoms with Gasteiger partial charge in [-0.2, -0.15) is 0 Å². The van der Waals surface area contributed by atoms with Crippen LogP contribution in [-0.4, -0.2) is 11.9 Å². The molecule has 1 fully saturated rings. The molecule has 0 saturated heterocycles. The number of rotatable bonds is 6. The Bertz CT molecular complexity index is 390. The van der Waals surface area contributed by atoms with Crippen molar-refractivity contribution < 1.29 is 4.79 Å². The van der Waals surface area contributed by atoms with Gasteiger partial charge in [0.15, 0.2) is 0 Å². The SMILES string of the molecule is CC(N)CCC(=O)NC(c1ccccc1)C1CC1.Cl. The van der Waals surface area contributed by atoms with Gasteiger partial charge in [-0.05, 0) is 37.7 Å². The van der Waals surface area contributed by atoms with E-state index >= 15 is 0 Å². The molecule has 1 saturated carbocycles. The van der Waals surface area contributed by atoms with Crippen LogP contribution in [0.4, 0.5) is 0 Å². The maximum absolute atomic E-state index is 11.9. The van der Waals surface area contributed by atoms with Crippen molar-refractivity contribution in [2.75, 3.05) is 0 Å². The summed E-state index contributed by atoms with van der Waals surface area (Å²) in [5.41, 5.74) is 6.89. The van der Waals surface area contributed by atoms with Crippen LogP contribution >= 0.6 is 12.4 Å². The van der Waals surface area contributed by atoms with Gasteiger partial charge in [0.2, 0.25) is 5.91 Å². The van der Waals surface area contributed by atoms with E-state index in [1.165, 1.54) is 18.4 Å². The largest absolute Gasteiger partial charge is 0.349 e. The predicted octanol–water partition coefficient (Wildman–Crippen LogP) is 2.80. The van der Waals surface area contributed by atoms with E-state index in [1.807, 2.05) is 25.1 Å². The molecule has 19 heavy (non-hydrogen) atoms. The molecule has 3 N–H and O–H groups in total. The molecular weight excluding hydrogens is 260 g/mol. The summed E-state index contributed by atoms with van der Waals surface area (Å²) in [4.78, 5) is 11.9. The van der Waals surface area contributed by atoms with Gasteiger partial charge in [-0.25, -0.2) is 0 Å². The summed E-state index contributed by atoms with van der Waals surface area (Å²) in [7, 11) is 0. The third-order valence-electron chi connectivity index (χ3n) is 3.40. The number of nitrogens with one attached hydrogen (secondary N) is 1. The highest BCUT2D eigenvalue weighted by Gasteiger charge is 2.33. The molecule has 2 rings (SSSR count). The van der Waals surface area contributed by atoms with Crippen molar-refractivity contribution in [2.45, 2.75) is 44.7 Å². The van der Waals surface area contributed by atoms with E-state index < -0.39 is 0 Å². The number of amides is 1. The van der Waals surface area contributed by atoms with Crippen LogP contribution in [0, 0.1) is 5.92 Å². The Balaban J connectivity index is 0.00000180. The predicted molar refractivity (Wildman–Crippen MR) is 80.2 cm³/mol. The zero-order chi connectivity index (χ0) is 13.0. The zero-order valence-electron chi connectivity index (χ0n) is 11.3. The van der Waals surface area contributed by atoms with Crippen LogP contribution < -0.4 is 11.1 Å². The summed E-state index contributed by atoms with van der Waals surface area (Å²) in [5.74, 6) is 0.736. The fourth-order valence-electron chi connectivity index (χ4n) is 2.17. The Morgan fingerprint density at radius 3 is 2.53 bits per heavy atom. The topological polar surface area (TPSA) is 55.1 Å². The van der Waals surface area contributed by atoms with Gasteiger partial charge in [0.25, 0.3) is 0 Å². The summed E-state index contributed by atoms with van der Waals surface area (Å²) in [6.07, 6.45) is 3.70. The molecule has 1 amide bonds. The van der Waals surface area contributed by atoms with E-state index in [9.17, 15) is 4.79 Å². The van der Waals surface area contributed by atoms with Gasteiger partial charge in [-0.1, -0.05) is 30.3 Å². The first-order valence-electron chi connectivity index (χ1n) is 6.76. The number of hydrogen-bond donors (Lipinski definition) is 2. The van der Waals surface area contributed by atoms with Crippen LogP contribution in [0.2, 0.25) is 0 Å². The summed E-state index contributed by atoms with van der Waals surface area (Å²) in [6, 6.07) is 10.5. The molecule has 2 atom stereocenters. The number of benzene rings is 1. The summed E-state index contributed by atoms with van der Waals surface area (Å²) in [5, 5.41) is 3.16. The minimum absolute atomic E-state index is 0. The van der Waals surface area contributed by atoms with Crippen LogP contribution in [0.3, 0.4) is 0 Å². The minimum Gasteiger partial charge on any atom is -0.349 e. The van der Waals surface area contributed by atoms with Gasteiger partial charge in [0.1, 0.15) is 0 Å². The first-order chi connectivity index (χ1) is 8.66. The molecule has 1 aromatic rings. The van der Waals surface area contributed by atoms with E-state index in [0.29, 0.717) is 12.3 Å². The molecule has 0 radical (unpaired) electrons. The van der Waals surface area contributed by atoms with Gasteiger partial charge in [-0.15, -0.1) is 12.4 Å². The Hall–Kier alpha value is -1.06. The first kappa shape index (κ1) is 16.0. The lowest BCUT2D eigenvalue weighted by Crippen LogP contribution is -2.31. The third kappa shape index (κ3) is 5.21. The summed E-state index contributed by atoms with van der Waals surface area (Å²) in [6.45, 7) is 1.93. The molecule has 2 unspecified atom stereocenters. The molecule has 106 valence electrons. The van der Waals surface area contributed by atoms with Gasteiger partial charge in [0, 0.05) is 12.5 Å². The smallest absolute Gasteiger partial charge is 0.220 e. The number of nitrogens with two attached hydrogens (primary N) is 1. The zero-order valence-corrected chi connectivity index (χ0v) is 12.2. The van der Waals surface area contributed by atoms with Crippen LogP contribution in [0.15, 0.2) is 30.3 Å². The number of hydrogen-bond acceptors (Lipinski definition) is 2. The van der Waals surface area contributed by atoms with E-state index in [1.54, 1.807) is 0 Å². The lowest BCUT2D eigenvalue weighted by Gasteiger charge is -2.19. The quantitative estimate of drug-likeness (QED) is 0.843. The highest BCUT2D eigenvalue weighted by Crippen LogP contribution is 2.40. The standard InChI is InChI=1S/C15H22N2O.ClH/c1-11(16)7-10-14(18)17-15(13-8-9-13)12-5-3-2-4-6-12;/h2-6,11,13,15H,7-10,16H2,1H3,(H,17,18);1H. The maximum atomic E-state index is 11.9. The molecule has 3 nitrogen and oxygen atoms in total. The molecule has 0 aliphatic heterocycles. The first-order valence-corrected chi connectivity index (χ1v) is 6.76. The lowest BCUT2D eigenvalue weighted by atomic mass is 10.0. The Labute approximate surface area is 121 Å². The molecule has 1 aliphatic carbocycles. The molecule has 0 aromatic heterocycles. The molecular formula is C15H23ClN2O. The summed E-state index contributed by atoms with van der Waals surface area (Å²) < 4.78 is 0. The summed E-state index contributed by atoms with van der Waals surface area (Å²) >= 11 is 0. The lowest BCUT2D eigenvalue weighted by molar-refractivity contribution is -0.122. The average Bonchev–Trinajstić information content (AvgIpc) is 3.19.